The Balaban J connectivity index is 1.95. The van der Waals surface area contributed by atoms with Crippen LogP contribution in [0.3, 0.4) is 0 Å². The Morgan fingerprint density at radius 2 is 2.00 bits per heavy atom. The number of rotatable bonds is 7. The SMILES string of the molecule is Cc1nc(SCC(=O)N(C)[C@@H](C)c2ccc(F)cc2)sc1CC(N)=O. The summed E-state index contributed by atoms with van der Waals surface area (Å²) in [6, 6.07) is 5.97. The van der Waals surface area contributed by atoms with Gasteiger partial charge in [0.15, 0.2) is 4.34 Å². The van der Waals surface area contributed by atoms with E-state index in [2.05, 4.69) is 4.98 Å². The summed E-state index contributed by atoms with van der Waals surface area (Å²) in [6.45, 7) is 3.72. The fraction of sp³-hybridized carbons (Fsp3) is 0.353. The molecule has 25 heavy (non-hydrogen) atoms. The minimum atomic E-state index is -0.396. The number of carbonyl (C=O) groups is 2. The molecular formula is C17H20FN3O2S2. The largest absolute Gasteiger partial charge is 0.369 e. The first-order chi connectivity index (χ1) is 11.8. The number of carbonyl (C=O) groups excluding carboxylic acids is 2. The third kappa shape index (κ3) is 5.27. The summed E-state index contributed by atoms with van der Waals surface area (Å²) in [5, 5.41) is 0. The third-order valence-electron chi connectivity index (χ3n) is 3.85. The third-order valence-corrected chi connectivity index (χ3v) is 6.14. The number of thiazole rings is 1. The van der Waals surface area contributed by atoms with Gasteiger partial charge in [0, 0.05) is 11.9 Å². The van der Waals surface area contributed by atoms with Crippen molar-refractivity contribution in [1.29, 1.82) is 0 Å². The first-order valence-electron chi connectivity index (χ1n) is 7.66. The summed E-state index contributed by atoms with van der Waals surface area (Å²) in [5.74, 6) is -0.505. The highest BCUT2D eigenvalue weighted by molar-refractivity contribution is 8.01. The summed E-state index contributed by atoms with van der Waals surface area (Å²) >= 11 is 2.72. The van der Waals surface area contributed by atoms with Crippen molar-refractivity contribution in [3.63, 3.8) is 0 Å². The molecule has 2 rings (SSSR count). The highest BCUT2D eigenvalue weighted by Crippen LogP contribution is 2.28. The first kappa shape index (κ1) is 19.4. The van der Waals surface area contributed by atoms with Gasteiger partial charge in [-0.25, -0.2) is 9.37 Å². The lowest BCUT2D eigenvalue weighted by Crippen LogP contribution is -2.31. The first-order valence-corrected chi connectivity index (χ1v) is 9.46. The number of amides is 2. The molecule has 0 saturated carbocycles. The van der Waals surface area contributed by atoms with Crippen molar-refractivity contribution in [2.24, 2.45) is 5.73 Å². The number of thioether (sulfide) groups is 1. The maximum Gasteiger partial charge on any atom is 0.233 e. The van der Waals surface area contributed by atoms with Gasteiger partial charge in [0.2, 0.25) is 11.8 Å². The fourth-order valence-electron chi connectivity index (χ4n) is 2.19. The maximum atomic E-state index is 13.0. The molecule has 0 unspecified atom stereocenters. The van der Waals surface area contributed by atoms with Crippen LogP contribution >= 0.6 is 23.1 Å². The van der Waals surface area contributed by atoms with Crippen molar-refractivity contribution in [2.75, 3.05) is 12.8 Å². The summed E-state index contributed by atoms with van der Waals surface area (Å²) < 4.78 is 13.8. The summed E-state index contributed by atoms with van der Waals surface area (Å²) in [4.78, 5) is 30.3. The molecule has 0 fully saturated rings. The number of aromatic nitrogens is 1. The zero-order valence-corrected chi connectivity index (χ0v) is 15.9. The molecular weight excluding hydrogens is 361 g/mol. The molecule has 0 aliphatic rings. The Morgan fingerprint density at radius 1 is 1.36 bits per heavy atom. The topological polar surface area (TPSA) is 76.3 Å². The lowest BCUT2D eigenvalue weighted by molar-refractivity contribution is -0.129. The minimum Gasteiger partial charge on any atom is -0.369 e. The number of hydrogen-bond acceptors (Lipinski definition) is 5. The fourth-order valence-corrected chi connectivity index (χ4v) is 4.36. The second-order valence-corrected chi connectivity index (χ2v) is 7.96. The van der Waals surface area contributed by atoms with Gasteiger partial charge < -0.3 is 10.6 Å². The molecule has 0 radical (unpaired) electrons. The summed E-state index contributed by atoms with van der Waals surface area (Å²) in [5.41, 5.74) is 6.85. The molecule has 2 N–H and O–H groups in total. The van der Waals surface area contributed by atoms with Crippen LogP contribution in [0.5, 0.6) is 0 Å². The molecule has 0 aliphatic carbocycles. The van der Waals surface area contributed by atoms with Gasteiger partial charge in [0.25, 0.3) is 0 Å². The molecule has 134 valence electrons. The van der Waals surface area contributed by atoms with Crippen LogP contribution in [0, 0.1) is 12.7 Å². The van der Waals surface area contributed by atoms with E-state index in [0.29, 0.717) is 0 Å². The Kier molecular flexibility index (Phi) is 6.55. The lowest BCUT2D eigenvalue weighted by Gasteiger charge is -2.25. The maximum absolute atomic E-state index is 13.0. The van der Waals surface area contributed by atoms with Crippen molar-refractivity contribution in [2.45, 2.75) is 30.6 Å². The number of nitrogens with two attached hydrogens (primary N) is 1. The molecule has 0 saturated heterocycles. The molecule has 1 heterocycles. The Morgan fingerprint density at radius 3 is 2.60 bits per heavy atom. The van der Waals surface area contributed by atoms with E-state index in [-0.39, 0.29) is 29.9 Å². The Bertz CT molecular complexity index is 762. The zero-order valence-electron chi connectivity index (χ0n) is 14.3. The molecule has 0 spiro atoms. The highest BCUT2D eigenvalue weighted by Gasteiger charge is 2.19. The lowest BCUT2D eigenvalue weighted by atomic mass is 10.1. The van der Waals surface area contributed by atoms with Crippen LogP contribution in [-0.4, -0.2) is 34.5 Å². The number of hydrogen-bond donors (Lipinski definition) is 1. The standard InChI is InChI=1S/C17H20FN3O2S2/c1-10-14(8-15(19)22)25-17(20-10)24-9-16(23)21(3)11(2)12-4-6-13(18)7-5-12/h4-7,11H,8-9H2,1-3H3,(H2,19,22)/t11-/m0/s1. The molecule has 2 aromatic rings. The molecule has 2 amide bonds. The Labute approximate surface area is 154 Å². The zero-order chi connectivity index (χ0) is 18.6. The molecule has 0 bridgehead atoms. The smallest absolute Gasteiger partial charge is 0.233 e. The van der Waals surface area contributed by atoms with Crippen LogP contribution in [-0.2, 0) is 16.0 Å². The van der Waals surface area contributed by atoms with Gasteiger partial charge in [-0.1, -0.05) is 23.9 Å². The van der Waals surface area contributed by atoms with E-state index in [1.165, 1.54) is 35.2 Å². The van der Waals surface area contributed by atoms with Crippen LogP contribution in [0.2, 0.25) is 0 Å². The van der Waals surface area contributed by atoms with Crippen LogP contribution in [0.15, 0.2) is 28.6 Å². The van der Waals surface area contributed by atoms with Crippen LogP contribution in [0.4, 0.5) is 4.39 Å². The minimum absolute atomic E-state index is 0.0499. The quantitative estimate of drug-likeness (QED) is 0.748. The molecule has 1 atom stereocenters. The number of primary amides is 1. The monoisotopic (exact) mass is 381 g/mol. The Hall–Kier alpha value is -1.93. The van der Waals surface area contributed by atoms with Gasteiger partial charge in [-0.3, -0.25) is 9.59 Å². The van der Waals surface area contributed by atoms with E-state index in [1.54, 1.807) is 24.1 Å². The van der Waals surface area contributed by atoms with Crippen molar-refractivity contribution >= 4 is 34.9 Å². The van der Waals surface area contributed by atoms with Gasteiger partial charge in [-0.05, 0) is 31.5 Å². The highest BCUT2D eigenvalue weighted by atomic mass is 32.2. The van der Waals surface area contributed by atoms with Crippen LogP contribution in [0.1, 0.15) is 29.1 Å². The van der Waals surface area contributed by atoms with Crippen LogP contribution in [0.25, 0.3) is 0 Å². The average molecular weight is 381 g/mol. The van der Waals surface area contributed by atoms with Crippen molar-refractivity contribution < 1.29 is 14.0 Å². The normalized spacial score (nSPS) is 12.0. The molecule has 0 aliphatic heterocycles. The number of aryl methyl sites for hydroxylation is 1. The van der Waals surface area contributed by atoms with Gasteiger partial charge >= 0.3 is 0 Å². The van der Waals surface area contributed by atoms with Crippen LogP contribution < -0.4 is 5.73 Å². The van der Waals surface area contributed by atoms with Gasteiger partial charge in [0.1, 0.15) is 5.82 Å². The van der Waals surface area contributed by atoms with E-state index in [0.717, 1.165) is 20.5 Å². The van der Waals surface area contributed by atoms with E-state index in [1.807, 2.05) is 13.8 Å². The number of halogens is 1. The van der Waals surface area contributed by atoms with Crippen molar-refractivity contribution in [3.8, 4) is 0 Å². The predicted octanol–water partition coefficient (Wildman–Crippen LogP) is 2.93. The molecule has 1 aromatic carbocycles. The van der Waals surface area contributed by atoms with E-state index < -0.39 is 5.91 Å². The van der Waals surface area contributed by atoms with Crippen molar-refractivity contribution in [1.82, 2.24) is 9.88 Å². The second kappa shape index (κ2) is 8.44. The summed E-state index contributed by atoms with van der Waals surface area (Å²) in [7, 11) is 1.72. The van der Waals surface area contributed by atoms with Gasteiger partial charge in [-0.2, -0.15) is 0 Å². The van der Waals surface area contributed by atoms with Gasteiger partial charge in [0.05, 0.1) is 23.9 Å². The molecule has 8 heteroatoms. The van der Waals surface area contributed by atoms with Crippen molar-refractivity contribution in [3.05, 3.63) is 46.2 Å². The second-order valence-electron chi connectivity index (χ2n) is 5.65. The van der Waals surface area contributed by atoms with Gasteiger partial charge in [-0.15, -0.1) is 11.3 Å². The summed E-state index contributed by atoms with van der Waals surface area (Å²) in [6.07, 6.45) is 0.166. The molecule has 5 nitrogen and oxygen atoms in total. The predicted molar refractivity (Wildman–Crippen MR) is 98.1 cm³/mol. The number of benzene rings is 1. The van der Waals surface area contributed by atoms with E-state index in [4.69, 9.17) is 5.73 Å². The average Bonchev–Trinajstić information content (AvgIpc) is 2.91. The molecule has 1 aromatic heterocycles. The van der Waals surface area contributed by atoms with E-state index >= 15 is 0 Å². The number of nitrogens with zero attached hydrogens (tertiary/aromatic N) is 2. The van der Waals surface area contributed by atoms with E-state index in [9.17, 15) is 14.0 Å².